The fourth-order valence-corrected chi connectivity index (χ4v) is 2.15. The Bertz CT molecular complexity index is 597. The number of nitrogens with zero attached hydrogens (tertiary/aromatic N) is 3. The van der Waals surface area contributed by atoms with Gasteiger partial charge in [0.25, 0.3) is 0 Å². The van der Waals surface area contributed by atoms with Crippen LogP contribution in [-0.4, -0.2) is 14.7 Å². The molecule has 0 spiro atoms. The van der Waals surface area contributed by atoms with E-state index < -0.39 is 4.92 Å². The summed E-state index contributed by atoms with van der Waals surface area (Å²) in [6.45, 7) is 0.343. The van der Waals surface area contributed by atoms with Gasteiger partial charge in [-0.1, -0.05) is 23.7 Å². The van der Waals surface area contributed by atoms with Gasteiger partial charge in [-0.15, -0.1) is 0 Å². The molecular formula is C10H8BrClN4O2. The van der Waals surface area contributed by atoms with E-state index in [1.54, 1.807) is 12.1 Å². The number of benzene rings is 1. The Morgan fingerprint density at radius 1 is 1.44 bits per heavy atom. The van der Waals surface area contributed by atoms with Gasteiger partial charge in [-0.3, -0.25) is 10.1 Å². The SMILES string of the molecule is Nc1c([N+](=O)[O-])c(Br)nn1Cc1ccc(Cl)cc1. The van der Waals surface area contributed by atoms with Crippen molar-refractivity contribution in [2.24, 2.45) is 0 Å². The van der Waals surface area contributed by atoms with Crippen molar-refractivity contribution in [2.45, 2.75) is 6.54 Å². The van der Waals surface area contributed by atoms with Crippen LogP contribution in [0.4, 0.5) is 11.5 Å². The van der Waals surface area contributed by atoms with Gasteiger partial charge in [0.05, 0.1) is 11.5 Å². The van der Waals surface area contributed by atoms with Crippen molar-refractivity contribution >= 4 is 39.0 Å². The Morgan fingerprint density at radius 2 is 2.06 bits per heavy atom. The van der Waals surface area contributed by atoms with E-state index in [-0.39, 0.29) is 16.1 Å². The maximum absolute atomic E-state index is 10.8. The van der Waals surface area contributed by atoms with E-state index in [1.807, 2.05) is 12.1 Å². The lowest BCUT2D eigenvalue weighted by Crippen LogP contribution is -2.06. The topological polar surface area (TPSA) is 87.0 Å². The molecule has 1 aromatic carbocycles. The molecule has 0 bridgehead atoms. The number of anilines is 1. The Hall–Kier alpha value is -1.60. The summed E-state index contributed by atoms with van der Waals surface area (Å²) in [5, 5.41) is 15.4. The summed E-state index contributed by atoms with van der Waals surface area (Å²) < 4.78 is 1.49. The van der Waals surface area contributed by atoms with E-state index in [1.165, 1.54) is 4.68 Å². The molecule has 0 amide bonds. The zero-order valence-corrected chi connectivity index (χ0v) is 11.3. The molecule has 2 N–H and O–H groups in total. The molecule has 1 aromatic heterocycles. The van der Waals surface area contributed by atoms with Gasteiger partial charge in [-0.05, 0) is 33.6 Å². The van der Waals surface area contributed by atoms with Crippen LogP contribution in [0.1, 0.15) is 5.56 Å². The van der Waals surface area contributed by atoms with Crippen molar-refractivity contribution in [1.29, 1.82) is 0 Å². The summed E-state index contributed by atoms with van der Waals surface area (Å²) in [5.41, 5.74) is 6.37. The van der Waals surface area contributed by atoms with Gasteiger partial charge in [0.1, 0.15) is 0 Å². The van der Waals surface area contributed by atoms with Crippen LogP contribution in [0.5, 0.6) is 0 Å². The molecular weight excluding hydrogens is 323 g/mol. The van der Waals surface area contributed by atoms with Crippen LogP contribution < -0.4 is 5.73 Å². The minimum atomic E-state index is -0.565. The van der Waals surface area contributed by atoms with Crippen molar-refractivity contribution in [2.75, 3.05) is 5.73 Å². The fraction of sp³-hybridized carbons (Fsp3) is 0.100. The van der Waals surface area contributed by atoms with E-state index in [4.69, 9.17) is 17.3 Å². The maximum Gasteiger partial charge on any atom is 0.345 e. The number of nitrogens with two attached hydrogens (primary N) is 1. The molecule has 18 heavy (non-hydrogen) atoms. The summed E-state index contributed by atoms with van der Waals surface area (Å²) in [5.74, 6) is 0.0156. The molecule has 2 rings (SSSR count). The van der Waals surface area contributed by atoms with Gasteiger partial charge in [0, 0.05) is 5.02 Å². The van der Waals surface area contributed by atoms with E-state index in [0.29, 0.717) is 11.6 Å². The Morgan fingerprint density at radius 3 is 2.56 bits per heavy atom. The quantitative estimate of drug-likeness (QED) is 0.692. The monoisotopic (exact) mass is 330 g/mol. The lowest BCUT2D eigenvalue weighted by Gasteiger charge is -2.03. The van der Waals surface area contributed by atoms with Gasteiger partial charge in [-0.25, -0.2) is 4.68 Å². The predicted molar refractivity (Wildman–Crippen MR) is 71.5 cm³/mol. The number of hydrogen-bond donors (Lipinski definition) is 1. The van der Waals surface area contributed by atoms with Crippen LogP contribution in [0, 0.1) is 10.1 Å². The zero-order valence-electron chi connectivity index (χ0n) is 9.01. The van der Waals surface area contributed by atoms with Crippen molar-refractivity contribution in [3.63, 3.8) is 0 Å². The third-order valence-corrected chi connectivity index (χ3v) is 3.14. The van der Waals surface area contributed by atoms with Crippen molar-refractivity contribution in [3.8, 4) is 0 Å². The second-order valence-corrected chi connectivity index (χ2v) is 4.75. The number of nitro groups is 1. The minimum absolute atomic E-state index is 0.0156. The molecule has 0 unspecified atom stereocenters. The minimum Gasteiger partial charge on any atom is -0.378 e. The van der Waals surface area contributed by atoms with Gasteiger partial charge in [0.15, 0.2) is 0 Å². The molecule has 0 saturated heterocycles. The highest BCUT2D eigenvalue weighted by molar-refractivity contribution is 9.10. The second kappa shape index (κ2) is 4.95. The summed E-state index contributed by atoms with van der Waals surface area (Å²) in [6, 6.07) is 7.09. The second-order valence-electron chi connectivity index (χ2n) is 3.57. The first kappa shape index (κ1) is 12.8. The highest BCUT2D eigenvalue weighted by Crippen LogP contribution is 2.30. The third-order valence-electron chi connectivity index (χ3n) is 2.35. The smallest absolute Gasteiger partial charge is 0.345 e. The van der Waals surface area contributed by atoms with Crippen LogP contribution in [-0.2, 0) is 6.54 Å². The van der Waals surface area contributed by atoms with Gasteiger partial charge in [-0.2, -0.15) is 5.10 Å². The van der Waals surface area contributed by atoms with E-state index in [9.17, 15) is 10.1 Å². The lowest BCUT2D eigenvalue weighted by atomic mass is 10.2. The van der Waals surface area contributed by atoms with E-state index >= 15 is 0 Å². The average molecular weight is 332 g/mol. The molecule has 0 radical (unpaired) electrons. The first-order chi connectivity index (χ1) is 8.49. The Labute approximate surface area is 116 Å². The van der Waals surface area contributed by atoms with Gasteiger partial charge < -0.3 is 5.73 Å². The number of nitrogen functional groups attached to an aromatic ring is 1. The molecule has 0 fully saturated rings. The highest BCUT2D eigenvalue weighted by atomic mass is 79.9. The van der Waals surface area contributed by atoms with Crippen LogP contribution in [0.2, 0.25) is 5.02 Å². The van der Waals surface area contributed by atoms with Gasteiger partial charge in [0.2, 0.25) is 10.4 Å². The predicted octanol–water partition coefficient (Wildman–Crippen LogP) is 2.84. The first-order valence-electron chi connectivity index (χ1n) is 4.89. The first-order valence-corrected chi connectivity index (χ1v) is 6.06. The highest BCUT2D eigenvalue weighted by Gasteiger charge is 2.24. The number of halogens is 2. The number of rotatable bonds is 3. The molecule has 0 aliphatic heterocycles. The van der Waals surface area contributed by atoms with E-state index in [2.05, 4.69) is 21.0 Å². The average Bonchev–Trinajstić information content (AvgIpc) is 2.57. The number of hydrogen-bond acceptors (Lipinski definition) is 4. The standard InChI is InChI=1S/C10H8BrClN4O2/c11-9-8(16(17)18)10(13)15(14-9)5-6-1-3-7(12)4-2-6/h1-4H,5,13H2. The van der Waals surface area contributed by atoms with Crippen molar-refractivity contribution in [1.82, 2.24) is 9.78 Å². The molecule has 6 nitrogen and oxygen atoms in total. The van der Waals surface area contributed by atoms with Crippen molar-refractivity contribution < 1.29 is 4.92 Å². The van der Waals surface area contributed by atoms with Crippen LogP contribution in [0.3, 0.4) is 0 Å². The molecule has 0 aliphatic rings. The summed E-state index contributed by atoms with van der Waals surface area (Å²) in [7, 11) is 0. The Kier molecular flexibility index (Phi) is 3.53. The van der Waals surface area contributed by atoms with Gasteiger partial charge >= 0.3 is 5.69 Å². The van der Waals surface area contributed by atoms with Crippen LogP contribution in [0.15, 0.2) is 28.9 Å². The lowest BCUT2D eigenvalue weighted by molar-refractivity contribution is -0.384. The molecule has 94 valence electrons. The van der Waals surface area contributed by atoms with E-state index in [0.717, 1.165) is 5.56 Å². The summed E-state index contributed by atoms with van der Waals surface area (Å²) >= 11 is 8.79. The molecule has 0 atom stereocenters. The van der Waals surface area contributed by atoms with Crippen molar-refractivity contribution in [3.05, 3.63) is 49.6 Å². The summed E-state index contributed by atoms with van der Waals surface area (Å²) in [4.78, 5) is 10.2. The normalized spacial score (nSPS) is 10.6. The molecule has 2 aromatic rings. The maximum atomic E-state index is 10.8. The third kappa shape index (κ3) is 2.46. The largest absolute Gasteiger partial charge is 0.378 e. The fourth-order valence-electron chi connectivity index (χ4n) is 1.49. The molecule has 8 heteroatoms. The molecule has 1 heterocycles. The number of aromatic nitrogens is 2. The summed E-state index contributed by atoms with van der Waals surface area (Å²) in [6.07, 6.45) is 0. The Balaban J connectivity index is 2.33. The van der Waals surface area contributed by atoms with Crippen LogP contribution in [0.25, 0.3) is 0 Å². The molecule has 0 saturated carbocycles. The van der Waals surface area contributed by atoms with Crippen LogP contribution >= 0.6 is 27.5 Å². The zero-order chi connectivity index (χ0) is 13.3. The molecule has 0 aliphatic carbocycles.